The van der Waals surface area contributed by atoms with Crippen molar-refractivity contribution in [3.8, 4) is 0 Å². The van der Waals surface area contributed by atoms with Crippen molar-refractivity contribution in [2.45, 2.75) is 6.04 Å². The molecule has 1 aromatic carbocycles. The van der Waals surface area contributed by atoms with Crippen LogP contribution in [0, 0.1) is 5.82 Å². The molecule has 2 rings (SSSR count). The van der Waals surface area contributed by atoms with Gasteiger partial charge in [-0.2, -0.15) is 0 Å². The van der Waals surface area contributed by atoms with Crippen LogP contribution < -0.4 is 10.2 Å². The summed E-state index contributed by atoms with van der Waals surface area (Å²) >= 11 is 0. The lowest BCUT2D eigenvalue weighted by Gasteiger charge is -2.33. The molecule has 1 aliphatic rings. The number of likely N-dealkylation sites (N-methyl/N-ethyl adjacent to an activating group) is 1. The fourth-order valence-electron chi connectivity index (χ4n) is 2.27. The maximum absolute atomic E-state index is 13.9. The number of hydrogen-bond acceptors (Lipinski definition) is 3. The van der Waals surface area contributed by atoms with Gasteiger partial charge in [-0.25, -0.2) is 4.39 Å². The number of rotatable bonds is 2. The Kier molecular flexibility index (Phi) is 3.64. The summed E-state index contributed by atoms with van der Waals surface area (Å²) in [5.74, 6) is -0.147. The molecule has 94 valence electrons. The van der Waals surface area contributed by atoms with Crippen molar-refractivity contribution in [1.82, 2.24) is 10.2 Å². The smallest absolute Gasteiger partial charge is 0.146 e. The molecule has 1 atom stereocenters. The molecule has 1 aliphatic heterocycles. The van der Waals surface area contributed by atoms with E-state index >= 15 is 0 Å². The SMILES string of the molecule is CN(C)c1ccc(C2CNCCN2C)cc1F. The van der Waals surface area contributed by atoms with Gasteiger partial charge in [0.1, 0.15) is 5.82 Å². The van der Waals surface area contributed by atoms with Crippen LogP contribution in [-0.2, 0) is 0 Å². The number of hydrogen-bond donors (Lipinski definition) is 1. The van der Waals surface area contributed by atoms with Gasteiger partial charge in [0.25, 0.3) is 0 Å². The van der Waals surface area contributed by atoms with Crippen LogP contribution in [0.1, 0.15) is 11.6 Å². The van der Waals surface area contributed by atoms with E-state index < -0.39 is 0 Å². The van der Waals surface area contributed by atoms with Gasteiger partial charge in [-0.1, -0.05) is 6.07 Å². The highest BCUT2D eigenvalue weighted by Crippen LogP contribution is 2.25. The van der Waals surface area contributed by atoms with Gasteiger partial charge in [-0.05, 0) is 24.7 Å². The van der Waals surface area contributed by atoms with E-state index in [2.05, 4.69) is 17.3 Å². The van der Waals surface area contributed by atoms with E-state index in [1.54, 1.807) is 11.0 Å². The lowest BCUT2D eigenvalue weighted by Crippen LogP contribution is -2.43. The average molecular weight is 237 g/mol. The fourth-order valence-corrected chi connectivity index (χ4v) is 2.27. The van der Waals surface area contributed by atoms with Crippen molar-refractivity contribution < 1.29 is 4.39 Å². The van der Waals surface area contributed by atoms with E-state index in [4.69, 9.17) is 0 Å². The van der Waals surface area contributed by atoms with Crippen molar-refractivity contribution in [2.75, 3.05) is 45.7 Å². The molecule has 0 saturated carbocycles. The summed E-state index contributed by atoms with van der Waals surface area (Å²) < 4.78 is 13.9. The Labute approximate surface area is 102 Å². The monoisotopic (exact) mass is 237 g/mol. The largest absolute Gasteiger partial charge is 0.375 e. The lowest BCUT2D eigenvalue weighted by atomic mass is 10.0. The summed E-state index contributed by atoms with van der Waals surface area (Å²) in [6, 6.07) is 5.80. The average Bonchev–Trinajstić information content (AvgIpc) is 2.29. The molecule has 0 bridgehead atoms. The zero-order chi connectivity index (χ0) is 12.4. The van der Waals surface area contributed by atoms with Crippen LogP contribution >= 0.6 is 0 Å². The molecule has 1 N–H and O–H groups in total. The highest BCUT2D eigenvalue weighted by atomic mass is 19.1. The molecule has 1 unspecified atom stereocenters. The minimum atomic E-state index is -0.147. The van der Waals surface area contributed by atoms with Crippen molar-refractivity contribution in [3.05, 3.63) is 29.6 Å². The summed E-state index contributed by atoms with van der Waals surface area (Å²) in [5.41, 5.74) is 1.68. The summed E-state index contributed by atoms with van der Waals surface area (Å²) in [6.07, 6.45) is 0. The summed E-state index contributed by atoms with van der Waals surface area (Å²) in [4.78, 5) is 4.06. The van der Waals surface area contributed by atoms with Crippen molar-refractivity contribution >= 4 is 5.69 Å². The minimum absolute atomic E-state index is 0.147. The molecule has 0 amide bonds. The Bertz CT molecular complexity index is 392. The number of anilines is 1. The second-order valence-corrected chi connectivity index (χ2v) is 4.81. The Morgan fingerprint density at radius 1 is 1.41 bits per heavy atom. The lowest BCUT2D eigenvalue weighted by molar-refractivity contribution is 0.202. The fraction of sp³-hybridized carbons (Fsp3) is 0.538. The van der Waals surface area contributed by atoms with Crippen LogP contribution in [0.25, 0.3) is 0 Å². The first-order chi connectivity index (χ1) is 8.09. The first-order valence-electron chi connectivity index (χ1n) is 5.97. The van der Waals surface area contributed by atoms with Gasteiger partial charge in [0.2, 0.25) is 0 Å². The van der Waals surface area contributed by atoms with E-state index in [-0.39, 0.29) is 11.9 Å². The number of nitrogens with one attached hydrogen (secondary N) is 1. The third-order valence-electron chi connectivity index (χ3n) is 3.35. The molecule has 0 spiro atoms. The number of nitrogens with zero attached hydrogens (tertiary/aromatic N) is 2. The molecular weight excluding hydrogens is 217 g/mol. The summed E-state index contributed by atoms with van der Waals surface area (Å²) in [5, 5.41) is 3.35. The number of halogens is 1. The molecule has 1 saturated heterocycles. The van der Waals surface area contributed by atoms with Crippen LogP contribution in [0.4, 0.5) is 10.1 Å². The Balaban J connectivity index is 2.24. The van der Waals surface area contributed by atoms with Crippen LogP contribution in [-0.4, -0.2) is 45.7 Å². The molecule has 0 radical (unpaired) electrons. The Morgan fingerprint density at radius 3 is 2.76 bits per heavy atom. The number of benzene rings is 1. The predicted octanol–water partition coefficient (Wildman–Crippen LogP) is 1.47. The van der Waals surface area contributed by atoms with E-state index in [1.807, 2.05) is 26.2 Å². The van der Waals surface area contributed by atoms with Gasteiger partial charge < -0.3 is 10.2 Å². The molecule has 1 fully saturated rings. The Morgan fingerprint density at radius 2 is 2.18 bits per heavy atom. The van der Waals surface area contributed by atoms with Crippen molar-refractivity contribution in [3.63, 3.8) is 0 Å². The van der Waals surface area contributed by atoms with E-state index in [0.717, 1.165) is 25.2 Å². The normalized spacial score (nSPS) is 21.5. The van der Waals surface area contributed by atoms with Crippen LogP contribution in [0.2, 0.25) is 0 Å². The van der Waals surface area contributed by atoms with E-state index in [0.29, 0.717) is 5.69 Å². The minimum Gasteiger partial charge on any atom is -0.375 e. The van der Waals surface area contributed by atoms with Crippen molar-refractivity contribution in [1.29, 1.82) is 0 Å². The van der Waals surface area contributed by atoms with Gasteiger partial charge in [-0.3, -0.25) is 4.90 Å². The molecule has 1 heterocycles. The second kappa shape index (κ2) is 5.02. The number of piperazine rings is 1. The highest BCUT2D eigenvalue weighted by Gasteiger charge is 2.21. The maximum atomic E-state index is 13.9. The van der Waals surface area contributed by atoms with Gasteiger partial charge in [0.15, 0.2) is 0 Å². The quantitative estimate of drug-likeness (QED) is 0.840. The van der Waals surface area contributed by atoms with E-state index in [1.165, 1.54) is 0 Å². The van der Waals surface area contributed by atoms with Gasteiger partial charge >= 0.3 is 0 Å². The molecule has 4 heteroatoms. The molecule has 17 heavy (non-hydrogen) atoms. The standard InChI is InChI=1S/C13H20FN3/c1-16(2)12-5-4-10(8-11(12)14)13-9-15-6-7-17(13)3/h4-5,8,13,15H,6-7,9H2,1-3H3. The molecular formula is C13H20FN3. The van der Waals surface area contributed by atoms with Gasteiger partial charge in [-0.15, -0.1) is 0 Å². The molecule has 3 nitrogen and oxygen atoms in total. The zero-order valence-corrected chi connectivity index (χ0v) is 10.7. The Hall–Kier alpha value is -1.13. The zero-order valence-electron chi connectivity index (χ0n) is 10.7. The van der Waals surface area contributed by atoms with Crippen molar-refractivity contribution in [2.24, 2.45) is 0 Å². The topological polar surface area (TPSA) is 18.5 Å². The molecule has 1 aromatic rings. The van der Waals surface area contributed by atoms with Gasteiger partial charge in [0.05, 0.1) is 5.69 Å². The van der Waals surface area contributed by atoms with Gasteiger partial charge in [0, 0.05) is 39.8 Å². The predicted molar refractivity (Wildman–Crippen MR) is 69.0 cm³/mol. The maximum Gasteiger partial charge on any atom is 0.146 e. The first-order valence-corrected chi connectivity index (χ1v) is 5.97. The second-order valence-electron chi connectivity index (χ2n) is 4.81. The highest BCUT2D eigenvalue weighted by molar-refractivity contribution is 5.48. The van der Waals surface area contributed by atoms with Crippen LogP contribution in [0.5, 0.6) is 0 Å². The molecule has 0 aliphatic carbocycles. The van der Waals surface area contributed by atoms with Crippen LogP contribution in [0.3, 0.4) is 0 Å². The third kappa shape index (κ3) is 2.58. The summed E-state index contributed by atoms with van der Waals surface area (Å²) in [6.45, 7) is 2.89. The molecule has 0 aromatic heterocycles. The van der Waals surface area contributed by atoms with E-state index in [9.17, 15) is 4.39 Å². The third-order valence-corrected chi connectivity index (χ3v) is 3.35. The first kappa shape index (κ1) is 12.3. The summed E-state index contributed by atoms with van der Waals surface area (Å²) in [7, 11) is 5.79. The van der Waals surface area contributed by atoms with Crippen LogP contribution in [0.15, 0.2) is 18.2 Å².